The van der Waals surface area contributed by atoms with Gasteiger partial charge in [-0.15, -0.1) is 0 Å². The number of hydrogen-bond donors (Lipinski definition) is 1. The van der Waals surface area contributed by atoms with Crippen molar-refractivity contribution in [2.75, 3.05) is 26.2 Å². The summed E-state index contributed by atoms with van der Waals surface area (Å²) >= 11 is 0. The number of benzene rings is 1. The highest BCUT2D eigenvalue weighted by atomic mass is 16.2. The van der Waals surface area contributed by atoms with Crippen LogP contribution in [-0.4, -0.2) is 59.9 Å². The van der Waals surface area contributed by atoms with Gasteiger partial charge in [0.15, 0.2) is 0 Å². The molecule has 5 heteroatoms. The predicted octanol–water partition coefficient (Wildman–Crippen LogP) is 1.89. The van der Waals surface area contributed by atoms with Crippen LogP contribution in [0.4, 0.5) is 0 Å². The number of hydrogen-bond acceptors (Lipinski definition) is 3. The van der Waals surface area contributed by atoms with Gasteiger partial charge in [-0.3, -0.25) is 14.5 Å². The summed E-state index contributed by atoms with van der Waals surface area (Å²) in [5, 5.41) is 3.17. The molecule has 0 bridgehead atoms. The third kappa shape index (κ3) is 3.96. The molecule has 5 nitrogen and oxygen atoms in total. The van der Waals surface area contributed by atoms with Gasteiger partial charge in [0.1, 0.15) is 0 Å². The minimum atomic E-state index is -0.125. The summed E-state index contributed by atoms with van der Waals surface area (Å²) in [7, 11) is 0. The van der Waals surface area contributed by atoms with Gasteiger partial charge in [0.05, 0.1) is 6.04 Å². The minimum absolute atomic E-state index is 0.0818. The van der Waals surface area contributed by atoms with E-state index in [9.17, 15) is 9.59 Å². The Labute approximate surface area is 144 Å². The maximum Gasteiger partial charge on any atom is 0.253 e. The van der Waals surface area contributed by atoms with Crippen LogP contribution in [0.15, 0.2) is 30.3 Å². The molecule has 2 aliphatic rings. The van der Waals surface area contributed by atoms with Crippen molar-refractivity contribution in [3.8, 4) is 0 Å². The van der Waals surface area contributed by atoms with Gasteiger partial charge in [-0.1, -0.05) is 31.0 Å². The van der Waals surface area contributed by atoms with Gasteiger partial charge >= 0.3 is 0 Å². The Morgan fingerprint density at radius 2 is 1.67 bits per heavy atom. The second-order valence-corrected chi connectivity index (χ2v) is 6.86. The van der Waals surface area contributed by atoms with Gasteiger partial charge in [-0.25, -0.2) is 0 Å². The monoisotopic (exact) mass is 329 g/mol. The zero-order chi connectivity index (χ0) is 16.9. The van der Waals surface area contributed by atoms with Gasteiger partial charge in [-0.2, -0.15) is 0 Å². The van der Waals surface area contributed by atoms with Crippen LogP contribution in [-0.2, 0) is 4.79 Å². The van der Waals surface area contributed by atoms with E-state index < -0.39 is 0 Å². The number of piperazine rings is 1. The molecule has 1 unspecified atom stereocenters. The van der Waals surface area contributed by atoms with Gasteiger partial charge < -0.3 is 10.2 Å². The van der Waals surface area contributed by atoms with Crippen LogP contribution in [0.1, 0.15) is 43.0 Å². The van der Waals surface area contributed by atoms with Crippen LogP contribution in [0.3, 0.4) is 0 Å². The van der Waals surface area contributed by atoms with Crippen molar-refractivity contribution in [3.63, 3.8) is 0 Å². The fraction of sp³-hybridized carbons (Fsp3) is 0.579. The molecule has 1 saturated heterocycles. The first-order chi connectivity index (χ1) is 11.6. The summed E-state index contributed by atoms with van der Waals surface area (Å²) in [5.74, 6) is 0.211. The van der Waals surface area contributed by atoms with Crippen molar-refractivity contribution in [1.29, 1.82) is 0 Å². The Hall–Kier alpha value is -1.88. The Balaban J connectivity index is 1.49. The van der Waals surface area contributed by atoms with E-state index in [0.29, 0.717) is 19.1 Å². The molecule has 0 radical (unpaired) electrons. The number of rotatable bonds is 4. The average Bonchev–Trinajstić information content (AvgIpc) is 3.14. The second-order valence-electron chi connectivity index (χ2n) is 6.86. The summed E-state index contributed by atoms with van der Waals surface area (Å²) in [5.41, 5.74) is 0.734. The van der Waals surface area contributed by atoms with Crippen molar-refractivity contribution < 1.29 is 9.59 Å². The molecule has 1 heterocycles. The number of carbonyl (C=O) groups is 2. The molecule has 1 atom stereocenters. The normalized spacial score (nSPS) is 20.8. The molecule has 0 spiro atoms. The molecule has 2 amide bonds. The zero-order valence-electron chi connectivity index (χ0n) is 14.4. The lowest BCUT2D eigenvalue weighted by molar-refractivity contribution is -0.127. The minimum Gasteiger partial charge on any atom is -0.352 e. The van der Waals surface area contributed by atoms with Crippen LogP contribution < -0.4 is 5.32 Å². The van der Waals surface area contributed by atoms with E-state index in [1.165, 1.54) is 12.8 Å². The molecule has 1 aliphatic heterocycles. The number of amides is 2. The molecule has 1 saturated carbocycles. The van der Waals surface area contributed by atoms with Crippen molar-refractivity contribution in [1.82, 2.24) is 15.1 Å². The van der Waals surface area contributed by atoms with Crippen LogP contribution in [0.5, 0.6) is 0 Å². The standard InChI is InChI=1S/C19H27N3O2/c1-15(18(23)20-17-9-5-6-10-17)21-11-13-22(14-12-21)19(24)16-7-3-2-4-8-16/h2-4,7-8,15,17H,5-6,9-14H2,1H3,(H,20,23). The fourth-order valence-corrected chi connectivity index (χ4v) is 3.63. The van der Waals surface area contributed by atoms with E-state index in [2.05, 4.69) is 10.2 Å². The maximum absolute atomic E-state index is 12.5. The fourth-order valence-electron chi connectivity index (χ4n) is 3.63. The zero-order valence-corrected chi connectivity index (χ0v) is 14.4. The average molecular weight is 329 g/mol. The maximum atomic E-state index is 12.5. The molecule has 2 fully saturated rings. The Kier molecular flexibility index (Phi) is 5.51. The van der Waals surface area contributed by atoms with E-state index >= 15 is 0 Å². The van der Waals surface area contributed by atoms with Crippen LogP contribution in [0.2, 0.25) is 0 Å². The molecule has 130 valence electrons. The van der Waals surface area contributed by atoms with Crippen molar-refractivity contribution in [2.45, 2.75) is 44.7 Å². The lowest BCUT2D eigenvalue weighted by Gasteiger charge is -2.37. The van der Waals surface area contributed by atoms with Crippen LogP contribution >= 0.6 is 0 Å². The van der Waals surface area contributed by atoms with Crippen molar-refractivity contribution in [2.24, 2.45) is 0 Å². The molecule has 0 aromatic heterocycles. The van der Waals surface area contributed by atoms with Crippen LogP contribution in [0, 0.1) is 0 Å². The predicted molar refractivity (Wildman–Crippen MR) is 93.8 cm³/mol. The molecular weight excluding hydrogens is 302 g/mol. The smallest absolute Gasteiger partial charge is 0.253 e. The Morgan fingerprint density at radius 3 is 2.29 bits per heavy atom. The number of nitrogens with one attached hydrogen (secondary N) is 1. The van der Waals surface area contributed by atoms with E-state index in [4.69, 9.17) is 0 Å². The molecule has 1 N–H and O–H groups in total. The number of carbonyl (C=O) groups excluding carboxylic acids is 2. The van der Waals surface area contributed by atoms with Gasteiger partial charge in [0.2, 0.25) is 5.91 Å². The molecule has 1 aliphatic carbocycles. The summed E-state index contributed by atoms with van der Waals surface area (Å²) in [6, 6.07) is 9.64. The first-order valence-corrected chi connectivity index (χ1v) is 9.04. The van der Waals surface area contributed by atoms with E-state index in [1.807, 2.05) is 42.2 Å². The third-order valence-electron chi connectivity index (χ3n) is 5.25. The molecule has 1 aromatic rings. The summed E-state index contributed by atoms with van der Waals surface area (Å²) < 4.78 is 0. The molecular formula is C19H27N3O2. The highest BCUT2D eigenvalue weighted by Gasteiger charge is 2.29. The SMILES string of the molecule is CC(C(=O)NC1CCCC1)N1CCN(C(=O)c2ccccc2)CC1. The van der Waals surface area contributed by atoms with E-state index in [-0.39, 0.29) is 17.9 Å². The first kappa shape index (κ1) is 17.0. The summed E-state index contributed by atoms with van der Waals surface area (Å²) in [4.78, 5) is 28.9. The van der Waals surface area contributed by atoms with E-state index in [0.717, 1.165) is 31.5 Å². The first-order valence-electron chi connectivity index (χ1n) is 9.04. The number of nitrogens with zero attached hydrogens (tertiary/aromatic N) is 2. The van der Waals surface area contributed by atoms with Crippen molar-refractivity contribution in [3.05, 3.63) is 35.9 Å². The third-order valence-corrected chi connectivity index (χ3v) is 5.25. The molecule has 24 heavy (non-hydrogen) atoms. The van der Waals surface area contributed by atoms with Crippen molar-refractivity contribution >= 4 is 11.8 Å². The van der Waals surface area contributed by atoms with Crippen LogP contribution in [0.25, 0.3) is 0 Å². The lowest BCUT2D eigenvalue weighted by atomic mass is 10.1. The lowest BCUT2D eigenvalue weighted by Crippen LogP contribution is -2.55. The largest absolute Gasteiger partial charge is 0.352 e. The highest BCUT2D eigenvalue weighted by Crippen LogP contribution is 2.18. The topological polar surface area (TPSA) is 52.7 Å². The Bertz CT molecular complexity index is 561. The molecule has 3 rings (SSSR count). The highest BCUT2D eigenvalue weighted by molar-refractivity contribution is 5.94. The summed E-state index contributed by atoms with van der Waals surface area (Å²) in [6.07, 6.45) is 4.66. The van der Waals surface area contributed by atoms with Gasteiger partial charge in [-0.05, 0) is 31.9 Å². The quantitative estimate of drug-likeness (QED) is 0.918. The molecule has 1 aromatic carbocycles. The Morgan fingerprint density at radius 1 is 1.04 bits per heavy atom. The van der Waals surface area contributed by atoms with Gasteiger partial charge in [0, 0.05) is 37.8 Å². The van der Waals surface area contributed by atoms with Gasteiger partial charge in [0.25, 0.3) is 5.91 Å². The van der Waals surface area contributed by atoms with E-state index in [1.54, 1.807) is 0 Å². The summed E-state index contributed by atoms with van der Waals surface area (Å²) in [6.45, 7) is 4.82. The second kappa shape index (κ2) is 7.79.